The smallest absolute Gasteiger partial charge is 0.282 e. The molecule has 1 amide bonds. The summed E-state index contributed by atoms with van der Waals surface area (Å²) < 4.78 is 7.80. The SMILES string of the molecule is O=C(COc1ccc(C=Nn2c(C3CCCCC3)nc3ccccc3c2=O)cc1Br)Nc1ccc(Cl)cc1. The molecule has 38 heavy (non-hydrogen) atoms. The maximum absolute atomic E-state index is 13.4. The second-order valence-corrected chi connectivity index (χ2v) is 10.5. The van der Waals surface area contributed by atoms with Gasteiger partial charge in [0.1, 0.15) is 11.6 Å². The van der Waals surface area contributed by atoms with E-state index in [1.165, 1.54) is 11.1 Å². The van der Waals surface area contributed by atoms with Gasteiger partial charge in [0.25, 0.3) is 11.5 Å². The first-order valence-electron chi connectivity index (χ1n) is 12.5. The van der Waals surface area contributed by atoms with Crippen molar-refractivity contribution >= 4 is 56.2 Å². The van der Waals surface area contributed by atoms with Crippen LogP contribution < -0.4 is 15.6 Å². The van der Waals surface area contributed by atoms with E-state index in [1.54, 1.807) is 42.6 Å². The van der Waals surface area contributed by atoms with Gasteiger partial charge in [0.15, 0.2) is 6.61 Å². The molecule has 7 nitrogen and oxygen atoms in total. The second kappa shape index (κ2) is 11.9. The number of hydrogen-bond acceptors (Lipinski definition) is 5. The first-order chi connectivity index (χ1) is 18.5. The number of ether oxygens (including phenoxy) is 1. The Morgan fingerprint density at radius 2 is 1.87 bits per heavy atom. The zero-order valence-electron chi connectivity index (χ0n) is 20.6. The summed E-state index contributed by atoms with van der Waals surface area (Å²) in [6, 6.07) is 19.7. The van der Waals surface area contributed by atoms with Crippen molar-refractivity contribution in [1.82, 2.24) is 9.66 Å². The number of hydrogen-bond donors (Lipinski definition) is 1. The van der Waals surface area contributed by atoms with Crippen LogP contribution in [0, 0.1) is 0 Å². The molecule has 1 saturated carbocycles. The summed E-state index contributed by atoms with van der Waals surface area (Å²) >= 11 is 9.39. The predicted octanol–water partition coefficient (Wildman–Crippen LogP) is 6.76. The molecule has 9 heteroatoms. The van der Waals surface area contributed by atoms with Gasteiger partial charge in [-0.25, -0.2) is 4.98 Å². The Morgan fingerprint density at radius 1 is 1.11 bits per heavy atom. The average Bonchev–Trinajstić information content (AvgIpc) is 2.94. The van der Waals surface area contributed by atoms with Gasteiger partial charge >= 0.3 is 0 Å². The number of rotatable bonds is 7. The molecule has 1 heterocycles. The lowest BCUT2D eigenvalue weighted by Crippen LogP contribution is -2.25. The molecule has 194 valence electrons. The Bertz CT molecular complexity index is 1550. The van der Waals surface area contributed by atoms with E-state index in [2.05, 4.69) is 26.3 Å². The summed E-state index contributed by atoms with van der Waals surface area (Å²) in [4.78, 5) is 30.5. The molecule has 1 N–H and O–H groups in total. The molecular formula is C29H26BrClN4O3. The molecule has 0 spiro atoms. The van der Waals surface area contributed by atoms with Crippen LogP contribution >= 0.6 is 27.5 Å². The lowest BCUT2D eigenvalue weighted by atomic mass is 9.88. The monoisotopic (exact) mass is 592 g/mol. The van der Waals surface area contributed by atoms with Gasteiger partial charge in [0.2, 0.25) is 0 Å². The van der Waals surface area contributed by atoms with Crippen molar-refractivity contribution in [3.8, 4) is 5.75 Å². The Labute approximate surface area is 233 Å². The Hall–Kier alpha value is -3.49. The van der Waals surface area contributed by atoms with Crippen LogP contribution in [0.25, 0.3) is 10.9 Å². The maximum Gasteiger partial charge on any atom is 0.282 e. The predicted molar refractivity (Wildman–Crippen MR) is 155 cm³/mol. The number of halogens is 2. The molecule has 4 aromatic rings. The van der Waals surface area contributed by atoms with Gasteiger partial charge in [-0.15, -0.1) is 0 Å². The molecule has 3 aromatic carbocycles. The van der Waals surface area contributed by atoms with Crippen LogP contribution in [-0.2, 0) is 4.79 Å². The van der Waals surface area contributed by atoms with Crippen LogP contribution in [0.15, 0.2) is 81.1 Å². The summed E-state index contributed by atoms with van der Waals surface area (Å²) in [6.45, 7) is -0.155. The van der Waals surface area contributed by atoms with Crippen LogP contribution in [0.5, 0.6) is 5.75 Å². The Morgan fingerprint density at radius 3 is 2.63 bits per heavy atom. The standard InChI is InChI=1S/C29H26BrClN4O3/c30-24-16-19(10-15-26(24)38-18-27(36)33-22-13-11-21(31)12-14-22)17-32-35-28(20-6-2-1-3-7-20)34-25-9-5-4-8-23(25)29(35)37/h4-5,8-17,20H,1-3,6-7,18H2,(H,33,36). The number of amides is 1. The average molecular weight is 594 g/mol. The van der Waals surface area contributed by atoms with Crippen LogP contribution in [0.3, 0.4) is 0 Å². The highest BCUT2D eigenvalue weighted by Crippen LogP contribution is 2.32. The van der Waals surface area contributed by atoms with E-state index in [0.29, 0.717) is 31.8 Å². The second-order valence-electron chi connectivity index (χ2n) is 9.22. The zero-order valence-corrected chi connectivity index (χ0v) is 22.9. The number of anilines is 1. The van der Waals surface area contributed by atoms with E-state index in [-0.39, 0.29) is 24.0 Å². The van der Waals surface area contributed by atoms with E-state index in [4.69, 9.17) is 21.3 Å². The van der Waals surface area contributed by atoms with Crippen molar-refractivity contribution in [2.75, 3.05) is 11.9 Å². The third kappa shape index (κ3) is 6.14. The van der Waals surface area contributed by atoms with Crippen LogP contribution in [0.2, 0.25) is 5.02 Å². The van der Waals surface area contributed by atoms with Gasteiger partial charge in [-0.3, -0.25) is 9.59 Å². The number of aromatic nitrogens is 2. The van der Waals surface area contributed by atoms with Gasteiger partial charge in [-0.2, -0.15) is 9.78 Å². The van der Waals surface area contributed by atoms with Crippen molar-refractivity contribution in [3.05, 3.63) is 98.0 Å². The Kier molecular flexibility index (Phi) is 8.20. The quantitative estimate of drug-likeness (QED) is 0.240. The highest BCUT2D eigenvalue weighted by atomic mass is 79.9. The minimum Gasteiger partial charge on any atom is -0.483 e. The van der Waals surface area contributed by atoms with Gasteiger partial charge in [0, 0.05) is 16.6 Å². The fourth-order valence-corrected chi connectivity index (χ4v) is 5.23. The molecule has 1 aromatic heterocycles. The highest BCUT2D eigenvalue weighted by molar-refractivity contribution is 9.10. The fraction of sp³-hybridized carbons (Fsp3) is 0.241. The normalized spacial score (nSPS) is 14.2. The van der Waals surface area contributed by atoms with Crippen molar-refractivity contribution in [2.24, 2.45) is 5.10 Å². The van der Waals surface area contributed by atoms with Crippen LogP contribution in [0.1, 0.15) is 49.4 Å². The number of nitrogens with one attached hydrogen (secondary N) is 1. The highest BCUT2D eigenvalue weighted by Gasteiger charge is 2.22. The number of para-hydroxylation sites is 1. The third-order valence-corrected chi connectivity index (χ3v) is 7.39. The summed E-state index contributed by atoms with van der Waals surface area (Å²) in [5.41, 5.74) is 1.94. The maximum atomic E-state index is 13.4. The summed E-state index contributed by atoms with van der Waals surface area (Å²) in [5, 5.41) is 8.49. The number of carbonyl (C=O) groups excluding carboxylic acids is 1. The molecule has 0 saturated heterocycles. The van der Waals surface area contributed by atoms with Gasteiger partial charge < -0.3 is 10.1 Å². The van der Waals surface area contributed by atoms with Crippen LogP contribution in [0.4, 0.5) is 5.69 Å². The molecule has 1 fully saturated rings. The topological polar surface area (TPSA) is 85.6 Å². The summed E-state index contributed by atoms with van der Waals surface area (Å²) in [5.74, 6) is 1.15. The molecule has 0 aliphatic heterocycles. The van der Waals surface area contributed by atoms with E-state index in [0.717, 1.165) is 37.1 Å². The molecule has 1 aliphatic carbocycles. The minimum absolute atomic E-state index is 0.155. The summed E-state index contributed by atoms with van der Waals surface area (Å²) in [7, 11) is 0. The lowest BCUT2D eigenvalue weighted by Gasteiger charge is -2.22. The number of fused-ring (bicyclic) bond motifs is 1. The molecular weight excluding hydrogens is 568 g/mol. The van der Waals surface area contributed by atoms with E-state index in [9.17, 15) is 9.59 Å². The zero-order chi connectivity index (χ0) is 26.5. The molecule has 0 unspecified atom stereocenters. The van der Waals surface area contributed by atoms with Gasteiger partial charge in [0.05, 0.1) is 21.6 Å². The molecule has 0 radical (unpaired) electrons. The van der Waals surface area contributed by atoms with Crippen LogP contribution in [-0.4, -0.2) is 28.4 Å². The number of benzene rings is 3. The third-order valence-electron chi connectivity index (χ3n) is 6.51. The molecule has 0 bridgehead atoms. The number of nitrogens with zero attached hydrogens (tertiary/aromatic N) is 3. The first kappa shape index (κ1) is 26.1. The van der Waals surface area contributed by atoms with E-state index >= 15 is 0 Å². The van der Waals surface area contributed by atoms with E-state index < -0.39 is 0 Å². The van der Waals surface area contributed by atoms with Gasteiger partial charge in [-0.1, -0.05) is 43.0 Å². The first-order valence-corrected chi connectivity index (χ1v) is 13.7. The van der Waals surface area contributed by atoms with Crippen molar-refractivity contribution in [2.45, 2.75) is 38.0 Å². The van der Waals surface area contributed by atoms with E-state index in [1.807, 2.05) is 30.3 Å². The lowest BCUT2D eigenvalue weighted by molar-refractivity contribution is -0.118. The van der Waals surface area contributed by atoms with Crippen molar-refractivity contribution < 1.29 is 9.53 Å². The van der Waals surface area contributed by atoms with Crippen molar-refractivity contribution in [3.63, 3.8) is 0 Å². The summed E-state index contributed by atoms with van der Waals surface area (Å²) in [6.07, 6.45) is 7.12. The van der Waals surface area contributed by atoms with Crippen molar-refractivity contribution in [1.29, 1.82) is 0 Å². The number of carbonyl (C=O) groups is 1. The largest absolute Gasteiger partial charge is 0.483 e. The molecule has 1 aliphatic rings. The molecule has 0 atom stereocenters. The van der Waals surface area contributed by atoms with Gasteiger partial charge in [-0.05, 0) is 88.9 Å². The Balaban J connectivity index is 1.33. The minimum atomic E-state index is -0.289. The fourth-order valence-electron chi connectivity index (χ4n) is 4.59. The molecule has 5 rings (SSSR count).